The molecule has 8 heteroatoms. The number of hydrogen-bond donors (Lipinski definition) is 3. The zero-order valence-electron chi connectivity index (χ0n) is 15.7. The predicted molar refractivity (Wildman–Crippen MR) is 105 cm³/mol. The Kier molecular flexibility index (Phi) is 5.12. The van der Waals surface area contributed by atoms with Gasteiger partial charge in [0.05, 0.1) is 16.5 Å². The Morgan fingerprint density at radius 1 is 1.14 bits per heavy atom. The molecule has 1 atom stereocenters. The highest BCUT2D eigenvalue weighted by molar-refractivity contribution is 6.07. The van der Waals surface area contributed by atoms with Gasteiger partial charge in [0, 0.05) is 23.5 Å². The van der Waals surface area contributed by atoms with Crippen molar-refractivity contribution in [1.82, 2.24) is 10.6 Å². The maximum Gasteiger partial charge on any atom is 0.319 e. The van der Waals surface area contributed by atoms with E-state index < -0.39 is 22.9 Å². The lowest BCUT2D eigenvalue weighted by atomic mass is 9.94. The summed E-state index contributed by atoms with van der Waals surface area (Å²) in [7, 11) is 0. The van der Waals surface area contributed by atoms with Crippen LogP contribution >= 0.6 is 0 Å². The number of hydrogen-bond acceptors (Lipinski definition) is 4. The average Bonchev–Trinajstić information content (AvgIpc) is 2.63. The fourth-order valence-electron chi connectivity index (χ4n) is 3.21. The third-order valence-corrected chi connectivity index (χ3v) is 4.56. The molecule has 0 aromatic heterocycles. The number of anilines is 1. The van der Waals surface area contributed by atoms with Crippen molar-refractivity contribution in [3.8, 4) is 0 Å². The van der Waals surface area contributed by atoms with E-state index >= 15 is 0 Å². The van der Waals surface area contributed by atoms with Gasteiger partial charge in [-0.05, 0) is 38.0 Å². The summed E-state index contributed by atoms with van der Waals surface area (Å²) in [6.07, 6.45) is 0. The molecule has 1 aliphatic rings. The van der Waals surface area contributed by atoms with Crippen LogP contribution < -0.4 is 16.0 Å². The van der Waals surface area contributed by atoms with E-state index in [-0.39, 0.29) is 5.69 Å². The highest BCUT2D eigenvalue weighted by atomic mass is 16.6. The highest BCUT2D eigenvalue weighted by Crippen LogP contribution is 2.30. The second kappa shape index (κ2) is 7.51. The van der Waals surface area contributed by atoms with E-state index in [1.165, 1.54) is 18.2 Å². The highest BCUT2D eigenvalue weighted by Gasteiger charge is 2.32. The minimum Gasteiger partial charge on any atom is -0.327 e. The molecule has 2 aromatic rings. The molecule has 0 aliphatic carbocycles. The van der Waals surface area contributed by atoms with Crippen LogP contribution in [0.15, 0.2) is 53.7 Å². The van der Waals surface area contributed by atoms with Gasteiger partial charge in [0.25, 0.3) is 11.6 Å². The zero-order chi connectivity index (χ0) is 20.4. The number of carbonyl (C=O) groups is 2. The van der Waals surface area contributed by atoms with E-state index in [0.717, 1.165) is 11.1 Å². The van der Waals surface area contributed by atoms with E-state index in [1.54, 1.807) is 13.0 Å². The number of rotatable bonds is 4. The van der Waals surface area contributed by atoms with Crippen LogP contribution in [-0.2, 0) is 4.79 Å². The second-order valence-electron chi connectivity index (χ2n) is 6.69. The fourth-order valence-corrected chi connectivity index (χ4v) is 3.21. The molecule has 1 heterocycles. The van der Waals surface area contributed by atoms with E-state index in [9.17, 15) is 19.7 Å². The van der Waals surface area contributed by atoms with Gasteiger partial charge in [0.15, 0.2) is 0 Å². The summed E-state index contributed by atoms with van der Waals surface area (Å²) >= 11 is 0. The van der Waals surface area contributed by atoms with Crippen molar-refractivity contribution in [2.45, 2.75) is 26.8 Å². The number of urea groups is 1. The number of allylic oxidation sites excluding steroid dienone is 1. The number of benzene rings is 2. The maximum absolute atomic E-state index is 13.0. The van der Waals surface area contributed by atoms with Gasteiger partial charge in [-0.25, -0.2) is 4.79 Å². The van der Waals surface area contributed by atoms with Crippen LogP contribution in [-0.4, -0.2) is 16.9 Å². The molecule has 0 saturated heterocycles. The van der Waals surface area contributed by atoms with Crippen LogP contribution in [0.3, 0.4) is 0 Å². The summed E-state index contributed by atoms with van der Waals surface area (Å²) in [6.45, 7) is 5.48. The Morgan fingerprint density at radius 3 is 2.57 bits per heavy atom. The van der Waals surface area contributed by atoms with E-state index in [1.807, 2.05) is 32.0 Å². The molecule has 8 nitrogen and oxygen atoms in total. The van der Waals surface area contributed by atoms with Gasteiger partial charge in [-0.2, -0.15) is 0 Å². The molecule has 0 spiro atoms. The Balaban J connectivity index is 1.98. The number of amides is 3. The van der Waals surface area contributed by atoms with Crippen molar-refractivity contribution in [2.24, 2.45) is 0 Å². The molecule has 144 valence electrons. The Bertz CT molecular complexity index is 1010. The van der Waals surface area contributed by atoms with Crippen molar-refractivity contribution >= 4 is 23.3 Å². The normalized spacial score (nSPS) is 16.2. The second-order valence-corrected chi connectivity index (χ2v) is 6.69. The molecule has 3 amide bonds. The van der Waals surface area contributed by atoms with Crippen molar-refractivity contribution in [2.75, 3.05) is 5.32 Å². The molecule has 1 aliphatic heterocycles. The van der Waals surface area contributed by atoms with Crippen LogP contribution in [0.5, 0.6) is 0 Å². The summed E-state index contributed by atoms with van der Waals surface area (Å²) in [5.74, 6) is -0.395. The molecule has 3 N–H and O–H groups in total. The monoisotopic (exact) mass is 380 g/mol. The van der Waals surface area contributed by atoms with Gasteiger partial charge in [-0.1, -0.05) is 29.8 Å². The van der Waals surface area contributed by atoms with Crippen LogP contribution in [0.2, 0.25) is 0 Å². The van der Waals surface area contributed by atoms with Gasteiger partial charge in [0.2, 0.25) is 0 Å². The van der Waals surface area contributed by atoms with E-state index in [0.29, 0.717) is 22.5 Å². The summed E-state index contributed by atoms with van der Waals surface area (Å²) in [6, 6.07) is 10.3. The average molecular weight is 380 g/mol. The zero-order valence-corrected chi connectivity index (χ0v) is 15.7. The van der Waals surface area contributed by atoms with Crippen LogP contribution in [0.25, 0.3) is 0 Å². The molecular weight excluding hydrogens is 360 g/mol. The lowest BCUT2D eigenvalue weighted by Gasteiger charge is -2.28. The summed E-state index contributed by atoms with van der Waals surface area (Å²) in [5.41, 5.74) is 3.66. The lowest BCUT2D eigenvalue weighted by Crippen LogP contribution is -2.46. The molecule has 0 radical (unpaired) electrons. The first-order valence-electron chi connectivity index (χ1n) is 8.67. The van der Waals surface area contributed by atoms with Gasteiger partial charge in [0.1, 0.15) is 0 Å². The number of aryl methyl sites for hydroxylation is 2. The van der Waals surface area contributed by atoms with E-state index in [4.69, 9.17) is 0 Å². The van der Waals surface area contributed by atoms with Gasteiger partial charge >= 0.3 is 6.03 Å². The van der Waals surface area contributed by atoms with E-state index in [2.05, 4.69) is 16.0 Å². The minimum atomic E-state index is -0.806. The molecule has 0 bridgehead atoms. The van der Waals surface area contributed by atoms with Crippen molar-refractivity contribution in [3.05, 3.63) is 80.5 Å². The number of carbonyl (C=O) groups excluding carboxylic acids is 2. The molecule has 0 saturated carbocycles. The molecular formula is C20H20N4O4. The molecule has 0 unspecified atom stereocenters. The lowest BCUT2D eigenvalue weighted by molar-refractivity contribution is -0.384. The first kappa shape index (κ1) is 19.1. The molecule has 28 heavy (non-hydrogen) atoms. The molecule has 3 rings (SSSR count). The van der Waals surface area contributed by atoms with Crippen LogP contribution in [0.1, 0.15) is 29.7 Å². The number of non-ortho nitro benzene ring substituents is 1. The Hall–Kier alpha value is -3.68. The Morgan fingerprint density at radius 2 is 1.89 bits per heavy atom. The smallest absolute Gasteiger partial charge is 0.319 e. The van der Waals surface area contributed by atoms with Crippen LogP contribution in [0, 0.1) is 24.0 Å². The summed E-state index contributed by atoms with van der Waals surface area (Å²) in [5, 5.41) is 19.2. The minimum absolute atomic E-state index is 0.114. The van der Waals surface area contributed by atoms with Crippen LogP contribution in [0.4, 0.5) is 16.2 Å². The number of nitrogens with zero attached hydrogens (tertiary/aromatic N) is 1. The molecule has 0 fully saturated rings. The van der Waals surface area contributed by atoms with Gasteiger partial charge in [-0.15, -0.1) is 0 Å². The summed E-state index contributed by atoms with van der Waals surface area (Å²) < 4.78 is 0. The number of nitro groups is 1. The standard InChI is InChI=1S/C20H20N4O4/c1-11-7-8-16(12(2)9-11)22-19(25)17-13(3)21-20(26)23-18(17)14-5-4-6-15(10-14)24(27)28/h4-10,18H,1-3H3,(H,22,25)(H2,21,23,26)/t18-/m0/s1. The first-order valence-corrected chi connectivity index (χ1v) is 8.67. The summed E-state index contributed by atoms with van der Waals surface area (Å²) in [4.78, 5) is 35.6. The number of nitro benzene ring substituents is 1. The fraction of sp³-hybridized carbons (Fsp3) is 0.200. The Labute approximate surface area is 161 Å². The largest absolute Gasteiger partial charge is 0.327 e. The maximum atomic E-state index is 13.0. The SMILES string of the molecule is CC1=C(C(=O)Nc2ccc(C)cc2C)[C@H](c2cccc([N+](=O)[O-])c2)NC(=O)N1. The third-order valence-electron chi connectivity index (χ3n) is 4.56. The van der Waals surface area contributed by atoms with Gasteiger partial charge < -0.3 is 16.0 Å². The first-order chi connectivity index (χ1) is 13.3. The van der Waals surface area contributed by atoms with Crippen molar-refractivity contribution < 1.29 is 14.5 Å². The quantitative estimate of drug-likeness (QED) is 0.556. The van der Waals surface area contributed by atoms with Gasteiger partial charge in [-0.3, -0.25) is 14.9 Å². The van der Waals surface area contributed by atoms with Crippen molar-refractivity contribution in [3.63, 3.8) is 0 Å². The topological polar surface area (TPSA) is 113 Å². The number of nitrogens with one attached hydrogen (secondary N) is 3. The van der Waals surface area contributed by atoms with Crippen molar-refractivity contribution in [1.29, 1.82) is 0 Å². The third kappa shape index (κ3) is 3.85. The molecule has 2 aromatic carbocycles. The predicted octanol–water partition coefficient (Wildman–Crippen LogP) is 3.48.